The van der Waals surface area contributed by atoms with E-state index < -0.39 is 17.8 Å². The number of esters is 1. The van der Waals surface area contributed by atoms with Gasteiger partial charge in [0, 0.05) is 41.9 Å². The summed E-state index contributed by atoms with van der Waals surface area (Å²) < 4.78 is 5.22. The van der Waals surface area contributed by atoms with Crippen LogP contribution < -0.4 is 14.5 Å². The Hall–Kier alpha value is -4.71. The standard InChI is InChI=1S/C30H24N2O4/c1-18(2)30(35)36-22-14-12-21(13-15-22)32-28(33)25-7-5-6-24-23(16-17-26(27(24)25)29(32)34)19-8-10-20(11-9-19)31(3)4/h5-17H,1H2,2-4H3. The van der Waals surface area contributed by atoms with Gasteiger partial charge >= 0.3 is 5.97 Å². The Morgan fingerprint density at radius 3 is 2.03 bits per heavy atom. The van der Waals surface area contributed by atoms with Crippen molar-refractivity contribution in [3.8, 4) is 16.9 Å². The van der Waals surface area contributed by atoms with Gasteiger partial charge in [0.1, 0.15) is 5.75 Å². The molecule has 0 radical (unpaired) electrons. The Morgan fingerprint density at radius 1 is 0.806 bits per heavy atom. The Labute approximate surface area is 209 Å². The number of nitrogens with zero attached hydrogens (tertiary/aromatic N) is 2. The van der Waals surface area contributed by atoms with E-state index in [0.29, 0.717) is 28.0 Å². The minimum absolute atomic E-state index is 0.276. The van der Waals surface area contributed by atoms with Gasteiger partial charge in [-0.15, -0.1) is 0 Å². The van der Waals surface area contributed by atoms with Crippen LogP contribution in [0.5, 0.6) is 5.75 Å². The van der Waals surface area contributed by atoms with Crippen LogP contribution in [0.25, 0.3) is 21.9 Å². The van der Waals surface area contributed by atoms with Crippen LogP contribution in [0.4, 0.5) is 11.4 Å². The van der Waals surface area contributed by atoms with E-state index in [1.54, 1.807) is 43.3 Å². The summed E-state index contributed by atoms with van der Waals surface area (Å²) in [5, 5.41) is 1.51. The lowest BCUT2D eigenvalue weighted by molar-refractivity contribution is -0.130. The highest BCUT2D eigenvalue weighted by atomic mass is 16.5. The fraction of sp³-hybridized carbons (Fsp3) is 0.100. The third-order valence-corrected chi connectivity index (χ3v) is 6.26. The van der Waals surface area contributed by atoms with Crippen molar-refractivity contribution in [3.05, 3.63) is 102 Å². The number of amides is 2. The lowest BCUT2D eigenvalue weighted by Crippen LogP contribution is -2.40. The second-order valence-corrected chi connectivity index (χ2v) is 8.94. The molecule has 1 aliphatic rings. The van der Waals surface area contributed by atoms with E-state index >= 15 is 0 Å². The molecule has 2 amide bonds. The number of benzene rings is 4. The number of anilines is 2. The van der Waals surface area contributed by atoms with Crippen LogP contribution in [-0.4, -0.2) is 31.9 Å². The molecule has 178 valence electrons. The molecule has 6 nitrogen and oxygen atoms in total. The highest BCUT2D eigenvalue weighted by molar-refractivity contribution is 6.36. The van der Waals surface area contributed by atoms with Gasteiger partial charge in [0.2, 0.25) is 0 Å². The molecule has 0 atom stereocenters. The van der Waals surface area contributed by atoms with Crippen molar-refractivity contribution in [3.63, 3.8) is 0 Å². The van der Waals surface area contributed by atoms with E-state index in [-0.39, 0.29) is 5.57 Å². The second kappa shape index (κ2) is 8.82. The number of hydrogen-bond acceptors (Lipinski definition) is 5. The molecule has 6 heteroatoms. The molecule has 1 aliphatic heterocycles. The molecule has 0 N–H and O–H groups in total. The summed E-state index contributed by atoms with van der Waals surface area (Å²) in [5.41, 5.74) is 4.65. The third-order valence-electron chi connectivity index (χ3n) is 6.26. The average molecular weight is 477 g/mol. The van der Waals surface area contributed by atoms with Gasteiger partial charge in [0.25, 0.3) is 11.8 Å². The summed E-state index contributed by atoms with van der Waals surface area (Å²) in [4.78, 5) is 42.0. The number of ether oxygens (including phenoxy) is 1. The zero-order valence-corrected chi connectivity index (χ0v) is 20.2. The molecule has 0 aliphatic carbocycles. The first-order chi connectivity index (χ1) is 17.3. The normalized spacial score (nSPS) is 12.6. The van der Waals surface area contributed by atoms with E-state index in [0.717, 1.165) is 27.1 Å². The molecule has 0 fully saturated rings. The number of rotatable bonds is 5. The highest BCUT2D eigenvalue weighted by Gasteiger charge is 2.34. The maximum atomic E-state index is 13.5. The average Bonchev–Trinajstić information content (AvgIpc) is 2.88. The Bertz CT molecular complexity index is 1530. The first-order valence-electron chi connectivity index (χ1n) is 11.5. The zero-order chi connectivity index (χ0) is 25.6. The van der Waals surface area contributed by atoms with E-state index in [1.807, 2.05) is 61.5 Å². The Balaban J connectivity index is 1.54. The minimum Gasteiger partial charge on any atom is -0.423 e. The summed E-state index contributed by atoms with van der Waals surface area (Å²) in [5.74, 6) is -1.04. The van der Waals surface area contributed by atoms with Crippen LogP contribution in [0.1, 0.15) is 27.6 Å². The summed E-state index contributed by atoms with van der Waals surface area (Å²) in [6.45, 7) is 5.12. The SMILES string of the molecule is C=C(C)C(=O)Oc1ccc(N2C(=O)c3cccc4c(-c5ccc(N(C)C)cc5)ccc(c34)C2=O)cc1. The zero-order valence-electron chi connectivity index (χ0n) is 20.2. The van der Waals surface area contributed by atoms with Crippen molar-refractivity contribution in [1.82, 2.24) is 0 Å². The van der Waals surface area contributed by atoms with Gasteiger partial charge in [-0.25, -0.2) is 9.69 Å². The van der Waals surface area contributed by atoms with E-state index in [1.165, 1.54) is 0 Å². The molecular formula is C30H24N2O4. The first-order valence-corrected chi connectivity index (χ1v) is 11.5. The van der Waals surface area contributed by atoms with Crippen LogP contribution in [0, 0.1) is 0 Å². The predicted octanol–water partition coefficient (Wildman–Crippen LogP) is 5.85. The van der Waals surface area contributed by atoms with Gasteiger partial charge in [-0.1, -0.05) is 36.9 Å². The lowest BCUT2D eigenvalue weighted by Gasteiger charge is -2.28. The molecule has 5 rings (SSSR count). The smallest absolute Gasteiger partial charge is 0.338 e. The monoisotopic (exact) mass is 476 g/mol. The van der Waals surface area contributed by atoms with Crippen LogP contribution in [0.3, 0.4) is 0 Å². The second-order valence-electron chi connectivity index (χ2n) is 8.94. The van der Waals surface area contributed by atoms with E-state index in [4.69, 9.17) is 4.74 Å². The summed E-state index contributed by atoms with van der Waals surface area (Å²) >= 11 is 0. The van der Waals surface area contributed by atoms with Crippen LogP contribution in [-0.2, 0) is 4.79 Å². The van der Waals surface area contributed by atoms with Gasteiger partial charge in [0.15, 0.2) is 0 Å². The fourth-order valence-electron chi connectivity index (χ4n) is 4.38. The first kappa shape index (κ1) is 23.1. The molecule has 1 heterocycles. The molecule has 0 spiro atoms. The van der Waals surface area contributed by atoms with Crippen molar-refractivity contribution in [2.45, 2.75) is 6.92 Å². The largest absolute Gasteiger partial charge is 0.423 e. The quantitative estimate of drug-likeness (QED) is 0.156. The number of hydrogen-bond donors (Lipinski definition) is 0. The van der Waals surface area contributed by atoms with Crippen molar-refractivity contribution < 1.29 is 19.1 Å². The molecule has 0 aromatic heterocycles. The maximum Gasteiger partial charge on any atom is 0.338 e. The Morgan fingerprint density at radius 2 is 1.42 bits per heavy atom. The van der Waals surface area contributed by atoms with Gasteiger partial charge in [-0.05, 0) is 72.0 Å². The van der Waals surface area contributed by atoms with Crippen molar-refractivity contribution in [2.24, 2.45) is 0 Å². The summed E-state index contributed by atoms with van der Waals surface area (Å²) in [7, 11) is 3.98. The van der Waals surface area contributed by atoms with Crippen LogP contribution in [0.15, 0.2) is 91.0 Å². The maximum absolute atomic E-state index is 13.5. The van der Waals surface area contributed by atoms with Crippen molar-refractivity contribution in [2.75, 3.05) is 23.9 Å². The number of carbonyl (C=O) groups excluding carboxylic acids is 3. The molecule has 0 saturated heterocycles. The fourth-order valence-corrected chi connectivity index (χ4v) is 4.38. The lowest BCUT2D eigenvalue weighted by atomic mass is 9.89. The van der Waals surface area contributed by atoms with Gasteiger partial charge < -0.3 is 9.64 Å². The number of imide groups is 1. The minimum atomic E-state index is -0.541. The van der Waals surface area contributed by atoms with Gasteiger partial charge in [0.05, 0.1) is 5.69 Å². The van der Waals surface area contributed by atoms with Crippen LogP contribution >= 0.6 is 0 Å². The predicted molar refractivity (Wildman–Crippen MR) is 142 cm³/mol. The van der Waals surface area contributed by atoms with Gasteiger partial charge in [-0.2, -0.15) is 0 Å². The molecule has 4 aromatic rings. The Kier molecular flexibility index (Phi) is 5.65. The molecule has 0 bridgehead atoms. The number of carbonyl (C=O) groups is 3. The molecule has 0 saturated carbocycles. The summed E-state index contributed by atoms with van der Waals surface area (Å²) in [6, 6.07) is 23.7. The molecule has 4 aromatic carbocycles. The topological polar surface area (TPSA) is 66.9 Å². The third kappa shape index (κ3) is 3.82. The highest BCUT2D eigenvalue weighted by Crippen LogP contribution is 2.38. The molecular weight excluding hydrogens is 452 g/mol. The van der Waals surface area contributed by atoms with E-state index in [9.17, 15) is 14.4 Å². The van der Waals surface area contributed by atoms with Crippen molar-refractivity contribution >= 4 is 39.9 Å². The van der Waals surface area contributed by atoms with Crippen molar-refractivity contribution in [1.29, 1.82) is 0 Å². The van der Waals surface area contributed by atoms with E-state index in [2.05, 4.69) is 6.58 Å². The summed E-state index contributed by atoms with van der Waals surface area (Å²) in [6.07, 6.45) is 0. The molecule has 36 heavy (non-hydrogen) atoms. The van der Waals surface area contributed by atoms with Crippen LogP contribution in [0.2, 0.25) is 0 Å². The molecule has 0 unspecified atom stereocenters. The van der Waals surface area contributed by atoms with Gasteiger partial charge in [-0.3, -0.25) is 9.59 Å².